The molecule has 0 amide bonds. The Morgan fingerprint density at radius 1 is 0.826 bits per heavy atom. The highest BCUT2D eigenvalue weighted by atomic mass is 16.1. The highest BCUT2D eigenvalue weighted by Crippen LogP contribution is 2.25. The average Bonchev–Trinajstić information content (AvgIpc) is 2.60. The van der Waals surface area contributed by atoms with Crippen molar-refractivity contribution in [2.75, 3.05) is 0 Å². The summed E-state index contributed by atoms with van der Waals surface area (Å²) in [5.41, 5.74) is 2.21. The maximum Gasteiger partial charge on any atom is 0.197 e. The number of hydrogen-bond donors (Lipinski definition) is 0. The molecule has 0 unspecified atom stereocenters. The number of rotatable bonds is 3. The molecule has 1 heterocycles. The summed E-state index contributed by atoms with van der Waals surface area (Å²) < 4.78 is 2.31. The molecule has 3 aromatic carbocycles. The third kappa shape index (κ3) is 2.22. The third-order valence-corrected chi connectivity index (χ3v) is 4.57. The van der Waals surface area contributed by atoms with Gasteiger partial charge in [-0.2, -0.15) is 0 Å². The van der Waals surface area contributed by atoms with Gasteiger partial charge in [-0.05, 0) is 41.5 Å². The van der Waals surface area contributed by atoms with Crippen LogP contribution in [-0.4, -0.2) is 4.57 Å². The van der Waals surface area contributed by atoms with Gasteiger partial charge in [-0.3, -0.25) is 4.79 Å². The summed E-state index contributed by atoms with van der Waals surface area (Å²) in [6.07, 6.45) is 2.24. The van der Waals surface area contributed by atoms with Crippen LogP contribution in [-0.2, 0) is 6.54 Å². The number of unbranched alkanes of at least 4 members (excludes halogenated alkanes) is 1. The van der Waals surface area contributed by atoms with E-state index in [1.807, 2.05) is 36.4 Å². The van der Waals surface area contributed by atoms with Crippen molar-refractivity contribution in [1.29, 1.82) is 0 Å². The van der Waals surface area contributed by atoms with E-state index in [4.69, 9.17) is 0 Å². The predicted molar refractivity (Wildman–Crippen MR) is 98.1 cm³/mol. The maximum atomic E-state index is 12.9. The molecule has 1 aromatic heterocycles. The van der Waals surface area contributed by atoms with Gasteiger partial charge in [-0.1, -0.05) is 49.7 Å². The van der Waals surface area contributed by atoms with E-state index >= 15 is 0 Å². The topological polar surface area (TPSA) is 22.0 Å². The Bertz CT molecular complexity index is 1080. The summed E-state index contributed by atoms with van der Waals surface area (Å²) in [4.78, 5) is 12.9. The SMILES string of the molecule is CCCCn1c2ccccc2c(=O)c2cc3ccccc3cc21. The first-order valence-corrected chi connectivity index (χ1v) is 8.23. The Kier molecular flexibility index (Phi) is 3.38. The summed E-state index contributed by atoms with van der Waals surface area (Å²) in [6, 6.07) is 20.4. The molecule has 2 heteroatoms. The van der Waals surface area contributed by atoms with Gasteiger partial charge in [0.1, 0.15) is 0 Å². The molecule has 4 aromatic rings. The number of aryl methyl sites for hydroxylation is 1. The van der Waals surface area contributed by atoms with E-state index in [0.717, 1.165) is 46.6 Å². The van der Waals surface area contributed by atoms with Crippen molar-refractivity contribution in [3.05, 3.63) is 70.9 Å². The molecular formula is C21H19NO. The molecule has 0 fully saturated rings. The lowest BCUT2D eigenvalue weighted by atomic mass is 10.0. The minimum Gasteiger partial charge on any atom is -0.340 e. The van der Waals surface area contributed by atoms with Crippen molar-refractivity contribution < 1.29 is 0 Å². The van der Waals surface area contributed by atoms with Crippen molar-refractivity contribution >= 4 is 32.6 Å². The maximum absolute atomic E-state index is 12.9. The third-order valence-electron chi connectivity index (χ3n) is 4.57. The van der Waals surface area contributed by atoms with Gasteiger partial charge in [0.15, 0.2) is 5.43 Å². The van der Waals surface area contributed by atoms with Crippen LogP contribution < -0.4 is 5.43 Å². The molecule has 114 valence electrons. The quantitative estimate of drug-likeness (QED) is 0.482. The Morgan fingerprint density at radius 2 is 1.52 bits per heavy atom. The fourth-order valence-corrected chi connectivity index (χ4v) is 3.37. The molecule has 0 bridgehead atoms. The number of benzene rings is 3. The predicted octanol–water partition coefficient (Wildman–Crippen LogP) is 5.11. The van der Waals surface area contributed by atoms with Crippen molar-refractivity contribution in [3.8, 4) is 0 Å². The van der Waals surface area contributed by atoms with Crippen LogP contribution in [0.4, 0.5) is 0 Å². The molecule has 2 nitrogen and oxygen atoms in total. The number of fused-ring (bicyclic) bond motifs is 3. The lowest BCUT2D eigenvalue weighted by Gasteiger charge is -2.15. The van der Waals surface area contributed by atoms with E-state index in [0.29, 0.717) is 0 Å². The summed E-state index contributed by atoms with van der Waals surface area (Å²) in [6.45, 7) is 3.13. The largest absolute Gasteiger partial charge is 0.340 e. The minimum atomic E-state index is 0.133. The van der Waals surface area contributed by atoms with Crippen LogP contribution in [0.2, 0.25) is 0 Å². The van der Waals surface area contributed by atoms with Crippen molar-refractivity contribution in [1.82, 2.24) is 4.57 Å². The van der Waals surface area contributed by atoms with Crippen LogP contribution >= 0.6 is 0 Å². The van der Waals surface area contributed by atoms with Gasteiger partial charge in [-0.25, -0.2) is 0 Å². The van der Waals surface area contributed by atoms with Gasteiger partial charge in [0.05, 0.1) is 11.0 Å². The first kappa shape index (κ1) is 14.0. The van der Waals surface area contributed by atoms with Gasteiger partial charge in [-0.15, -0.1) is 0 Å². The molecule has 0 saturated heterocycles. The van der Waals surface area contributed by atoms with E-state index in [-0.39, 0.29) is 5.43 Å². The summed E-state index contributed by atoms with van der Waals surface area (Å²) in [7, 11) is 0. The van der Waals surface area contributed by atoms with Gasteiger partial charge >= 0.3 is 0 Å². The molecule has 0 aliphatic carbocycles. The van der Waals surface area contributed by atoms with Crippen LogP contribution in [0.1, 0.15) is 19.8 Å². The zero-order valence-corrected chi connectivity index (χ0v) is 13.3. The first-order valence-electron chi connectivity index (χ1n) is 8.23. The Morgan fingerprint density at radius 3 is 2.30 bits per heavy atom. The monoisotopic (exact) mass is 301 g/mol. The van der Waals surface area contributed by atoms with Crippen molar-refractivity contribution in [3.63, 3.8) is 0 Å². The second-order valence-electron chi connectivity index (χ2n) is 6.07. The highest BCUT2D eigenvalue weighted by Gasteiger charge is 2.11. The molecule has 0 atom stereocenters. The Balaban J connectivity index is 2.20. The standard InChI is InChI=1S/C21H19NO/c1-2-3-12-22-19-11-7-6-10-17(19)21(23)18-13-15-8-4-5-9-16(15)14-20(18)22/h4-11,13-14H,2-3,12H2,1H3. The molecule has 0 aliphatic rings. The van der Waals surface area contributed by atoms with E-state index in [1.54, 1.807) is 0 Å². The number of hydrogen-bond acceptors (Lipinski definition) is 1. The second-order valence-corrected chi connectivity index (χ2v) is 6.07. The van der Waals surface area contributed by atoms with Crippen LogP contribution in [0.5, 0.6) is 0 Å². The Labute approximate surface area is 135 Å². The van der Waals surface area contributed by atoms with E-state index in [2.05, 4.69) is 35.8 Å². The minimum absolute atomic E-state index is 0.133. The zero-order valence-electron chi connectivity index (χ0n) is 13.3. The van der Waals surface area contributed by atoms with Crippen LogP contribution in [0.15, 0.2) is 65.5 Å². The van der Waals surface area contributed by atoms with Gasteiger partial charge in [0, 0.05) is 17.3 Å². The molecule has 0 radical (unpaired) electrons. The smallest absolute Gasteiger partial charge is 0.197 e. The number of pyridine rings is 1. The second kappa shape index (κ2) is 5.54. The van der Waals surface area contributed by atoms with E-state index in [9.17, 15) is 4.79 Å². The molecular weight excluding hydrogens is 282 g/mol. The van der Waals surface area contributed by atoms with Gasteiger partial charge in [0.25, 0.3) is 0 Å². The molecule has 23 heavy (non-hydrogen) atoms. The summed E-state index contributed by atoms with van der Waals surface area (Å²) >= 11 is 0. The Hall–Kier alpha value is -2.61. The lowest BCUT2D eigenvalue weighted by Crippen LogP contribution is -2.11. The lowest BCUT2D eigenvalue weighted by molar-refractivity contribution is 0.662. The number of aromatic nitrogens is 1. The van der Waals surface area contributed by atoms with Crippen molar-refractivity contribution in [2.45, 2.75) is 26.3 Å². The van der Waals surface area contributed by atoms with Crippen LogP contribution in [0.3, 0.4) is 0 Å². The summed E-state index contributed by atoms with van der Waals surface area (Å²) in [5, 5.41) is 3.93. The molecule has 4 rings (SSSR count). The number of nitrogens with zero attached hydrogens (tertiary/aromatic N) is 1. The van der Waals surface area contributed by atoms with E-state index < -0.39 is 0 Å². The molecule has 0 N–H and O–H groups in total. The van der Waals surface area contributed by atoms with Crippen molar-refractivity contribution in [2.24, 2.45) is 0 Å². The van der Waals surface area contributed by atoms with E-state index in [1.165, 1.54) is 5.39 Å². The summed E-state index contributed by atoms with van der Waals surface area (Å²) in [5.74, 6) is 0. The first-order chi connectivity index (χ1) is 11.3. The van der Waals surface area contributed by atoms with Gasteiger partial charge in [0.2, 0.25) is 0 Å². The molecule has 0 saturated carbocycles. The zero-order chi connectivity index (χ0) is 15.8. The fourth-order valence-electron chi connectivity index (χ4n) is 3.37. The van der Waals surface area contributed by atoms with Crippen LogP contribution in [0, 0.1) is 0 Å². The normalized spacial score (nSPS) is 11.5. The average molecular weight is 301 g/mol. The molecule has 0 spiro atoms. The van der Waals surface area contributed by atoms with Crippen LogP contribution in [0.25, 0.3) is 32.6 Å². The number of para-hydroxylation sites is 1. The fraction of sp³-hybridized carbons (Fsp3) is 0.190. The molecule has 0 aliphatic heterocycles. The van der Waals surface area contributed by atoms with Gasteiger partial charge < -0.3 is 4.57 Å². The highest BCUT2D eigenvalue weighted by molar-refractivity contribution is 6.01.